The topological polar surface area (TPSA) is 84.8 Å². The van der Waals surface area contributed by atoms with Gasteiger partial charge in [-0.1, -0.05) is 84.0 Å². The first kappa shape index (κ1) is 29.3. The van der Waals surface area contributed by atoms with E-state index in [0.717, 1.165) is 26.1 Å². The third kappa shape index (κ3) is 22.0. The van der Waals surface area contributed by atoms with Crippen LogP contribution in [0, 0.1) is 0 Å². The van der Waals surface area contributed by atoms with Crippen LogP contribution in [0.25, 0.3) is 0 Å². The van der Waals surface area contributed by atoms with Crippen LogP contribution in [0.5, 0.6) is 0 Å². The maximum Gasteiger partial charge on any atom is 0.221 e. The summed E-state index contributed by atoms with van der Waals surface area (Å²) in [6, 6.07) is 0. The fourth-order valence-electron chi connectivity index (χ4n) is 3.64. The zero-order chi connectivity index (χ0) is 22.1. The molecule has 0 spiro atoms. The molecule has 0 saturated carbocycles. The molecule has 30 heavy (non-hydrogen) atoms. The van der Waals surface area contributed by atoms with Gasteiger partial charge < -0.3 is 20.8 Å². The van der Waals surface area contributed by atoms with Crippen LogP contribution in [-0.4, -0.2) is 73.5 Å². The Labute approximate surface area is 186 Å². The molecule has 180 valence electrons. The number of nitrogens with one attached hydrogen (secondary N) is 2. The first-order chi connectivity index (χ1) is 14.7. The van der Waals surface area contributed by atoms with E-state index in [1.54, 1.807) is 0 Å². The number of amides is 1. The molecule has 0 fully saturated rings. The predicted octanol–water partition coefficient (Wildman–Crippen LogP) is 3.46. The molecule has 0 saturated heterocycles. The van der Waals surface area contributed by atoms with E-state index in [0.29, 0.717) is 26.1 Å². The summed E-state index contributed by atoms with van der Waals surface area (Å²) in [4.78, 5) is 14.1. The van der Waals surface area contributed by atoms with E-state index in [1.807, 2.05) is 0 Å². The van der Waals surface area contributed by atoms with Crippen molar-refractivity contribution < 1.29 is 15.0 Å². The summed E-state index contributed by atoms with van der Waals surface area (Å²) in [5.74, 6) is 0.0974. The lowest BCUT2D eigenvalue weighted by atomic mass is 10.0. The van der Waals surface area contributed by atoms with Crippen molar-refractivity contribution in [2.24, 2.45) is 0 Å². The van der Waals surface area contributed by atoms with Crippen molar-refractivity contribution in [2.45, 2.75) is 96.8 Å². The highest BCUT2D eigenvalue weighted by Gasteiger charge is 2.07. The number of carbonyl (C=O) groups excluding carboxylic acids is 1. The van der Waals surface area contributed by atoms with E-state index in [1.165, 1.54) is 77.0 Å². The number of carbonyl (C=O) groups is 1. The average Bonchev–Trinajstić information content (AvgIpc) is 2.75. The Morgan fingerprint density at radius 1 is 0.667 bits per heavy atom. The number of aliphatic hydroxyl groups excluding tert-OH is 2. The van der Waals surface area contributed by atoms with Gasteiger partial charge in [-0.2, -0.15) is 0 Å². The summed E-state index contributed by atoms with van der Waals surface area (Å²) in [6.45, 7) is 6.60. The number of hydrogen-bond acceptors (Lipinski definition) is 5. The first-order valence-corrected chi connectivity index (χ1v) is 12.7. The lowest BCUT2D eigenvalue weighted by molar-refractivity contribution is -0.121. The van der Waals surface area contributed by atoms with E-state index in [2.05, 4.69) is 22.5 Å². The average molecular weight is 430 g/mol. The van der Waals surface area contributed by atoms with Crippen molar-refractivity contribution in [3.8, 4) is 0 Å². The van der Waals surface area contributed by atoms with Gasteiger partial charge in [0.2, 0.25) is 5.91 Å². The highest BCUT2D eigenvalue weighted by molar-refractivity contribution is 5.75. The molecule has 6 nitrogen and oxygen atoms in total. The fourth-order valence-corrected chi connectivity index (χ4v) is 3.64. The van der Waals surface area contributed by atoms with Crippen LogP contribution < -0.4 is 10.6 Å². The molecule has 0 heterocycles. The molecule has 0 unspecified atom stereocenters. The van der Waals surface area contributed by atoms with Crippen LogP contribution in [0.2, 0.25) is 0 Å². The molecule has 0 aromatic heterocycles. The summed E-state index contributed by atoms with van der Waals surface area (Å²) in [5.41, 5.74) is 0. The first-order valence-electron chi connectivity index (χ1n) is 12.7. The normalized spacial score (nSPS) is 11.3. The highest BCUT2D eigenvalue weighted by Crippen LogP contribution is 2.12. The number of unbranched alkanes of at least 4 members (excludes halogenated alkanes) is 12. The van der Waals surface area contributed by atoms with Gasteiger partial charge in [-0.05, 0) is 6.42 Å². The zero-order valence-corrected chi connectivity index (χ0v) is 19.8. The second kappa shape index (κ2) is 24.6. The van der Waals surface area contributed by atoms with E-state index in [4.69, 9.17) is 10.2 Å². The van der Waals surface area contributed by atoms with E-state index >= 15 is 0 Å². The smallest absolute Gasteiger partial charge is 0.221 e. The van der Waals surface area contributed by atoms with Gasteiger partial charge in [0.25, 0.3) is 0 Å². The molecule has 4 N–H and O–H groups in total. The third-order valence-electron chi connectivity index (χ3n) is 5.57. The number of hydrogen-bond donors (Lipinski definition) is 4. The van der Waals surface area contributed by atoms with Gasteiger partial charge in [0.05, 0.1) is 13.2 Å². The van der Waals surface area contributed by atoms with Crippen LogP contribution in [0.4, 0.5) is 0 Å². The van der Waals surface area contributed by atoms with Crippen molar-refractivity contribution in [3.63, 3.8) is 0 Å². The van der Waals surface area contributed by atoms with E-state index in [9.17, 15) is 4.79 Å². The molecule has 0 aromatic carbocycles. The number of aliphatic hydroxyl groups is 2. The Hall–Kier alpha value is -0.690. The van der Waals surface area contributed by atoms with Gasteiger partial charge in [-0.3, -0.25) is 9.69 Å². The molecule has 0 aliphatic rings. The largest absolute Gasteiger partial charge is 0.395 e. The summed E-state index contributed by atoms with van der Waals surface area (Å²) in [6.07, 6.45) is 17.8. The van der Waals surface area contributed by atoms with Gasteiger partial charge >= 0.3 is 0 Å². The molecule has 0 atom stereocenters. The Morgan fingerprint density at radius 3 is 1.77 bits per heavy atom. The summed E-state index contributed by atoms with van der Waals surface area (Å²) >= 11 is 0. The van der Waals surface area contributed by atoms with Crippen LogP contribution >= 0.6 is 0 Å². The molecular weight excluding hydrogens is 378 g/mol. The minimum atomic E-state index is 0.0974. The molecular formula is C24H51N3O3. The van der Waals surface area contributed by atoms with Gasteiger partial charge in [0, 0.05) is 45.7 Å². The van der Waals surface area contributed by atoms with Crippen LogP contribution in [0.1, 0.15) is 96.8 Å². The fraction of sp³-hybridized carbons (Fsp3) is 0.958. The lowest BCUT2D eigenvalue weighted by Crippen LogP contribution is -2.37. The molecule has 0 radical (unpaired) electrons. The lowest BCUT2D eigenvalue weighted by Gasteiger charge is -2.21. The summed E-state index contributed by atoms with van der Waals surface area (Å²) in [5, 5.41) is 24.1. The Morgan fingerprint density at radius 2 is 1.23 bits per heavy atom. The second-order valence-electron chi connectivity index (χ2n) is 8.38. The number of nitrogens with zero attached hydrogens (tertiary/aromatic N) is 1. The van der Waals surface area contributed by atoms with Crippen molar-refractivity contribution in [2.75, 3.05) is 52.5 Å². The van der Waals surface area contributed by atoms with E-state index in [-0.39, 0.29) is 19.1 Å². The molecule has 6 heteroatoms. The quantitative estimate of drug-likeness (QED) is 0.177. The minimum Gasteiger partial charge on any atom is -0.395 e. The van der Waals surface area contributed by atoms with Crippen molar-refractivity contribution in [3.05, 3.63) is 0 Å². The summed E-state index contributed by atoms with van der Waals surface area (Å²) in [7, 11) is 0. The summed E-state index contributed by atoms with van der Waals surface area (Å²) < 4.78 is 0. The molecule has 0 aliphatic heterocycles. The Balaban J connectivity index is 3.43. The van der Waals surface area contributed by atoms with Crippen molar-refractivity contribution in [1.29, 1.82) is 0 Å². The molecule has 0 aliphatic carbocycles. The number of rotatable bonds is 24. The zero-order valence-electron chi connectivity index (χ0n) is 19.8. The van der Waals surface area contributed by atoms with Gasteiger partial charge in [-0.25, -0.2) is 0 Å². The maximum absolute atomic E-state index is 12.0. The van der Waals surface area contributed by atoms with Crippen molar-refractivity contribution in [1.82, 2.24) is 15.5 Å². The third-order valence-corrected chi connectivity index (χ3v) is 5.57. The molecule has 0 aromatic rings. The van der Waals surface area contributed by atoms with E-state index < -0.39 is 0 Å². The second-order valence-corrected chi connectivity index (χ2v) is 8.38. The Kier molecular flexibility index (Phi) is 24.0. The minimum absolute atomic E-state index is 0.0974. The molecule has 0 rings (SSSR count). The van der Waals surface area contributed by atoms with Gasteiger partial charge in [-0.15, -0.1) is 0 Å². The van der Waals surface area contributed by atoms with Crippen LogP contribution in [0.3, 0.4) is 0 Å². The predicted molar refractivity (Wildman–Crippen MR) is 127 cm³/mol. The monoisotopic (exact) mass is 429 g/mol. The van der Waals surface area contributed by atoms with Crippen molar-refractivity contribution >= 4 is 5.91 Å². The molecule has 0 bridgehead atoms. The molecule has 1 amide bonds. The Bertz CT molecular complexity index is 357. The SMILES string of the molecule is CCCCCCCCCCCCCCCNC(=O)CCN(CCO)CCNCCO. The van der Waals surface area contributed by atoms with Crippen LogP contribution in [0.15, 0.2) is 0 Å². The standard InChI is InChI=1S/C24H51N3O3/c1-2-3-4-5-6-7-8-9-10-11-12-13-14-16-26-24(30)15-19-27(21-23-29)20-17-25-18-22-28/h25,28-29H,2-23H2,1H3,(H,26,30). The van der Waals surface area contributed by atoms with Gasteiger partial charge in [0.1, 0.15) is 0 Å². The van der Waals surface area contributed by atoms with Crippen LogP contribution in [-0.2, 0) is 4.79 Å². The maximum atomic E-state index is 12.0. The van der Waals surface area contributed by atoms with Gasteiger partial charge in [0.15, 0.2) is 0 Å². The highest BCUT2D eigenvalue weighted by atomic mass is 16.3.